The van der Waals surface area contributed by atoms with Crippen molar-refractivity contribution in [3.8, 4) is 5.75 Å². The fourth-order valence-electron chi connectivity index (χ4n) is 4.56. The number of hydrogen-bond donors (Lipinski definition) is 2. The molecule has 3 aromatic rings. The number of sulfonamides is 1. The summed E-state index contributed by atoms with van der Waals surface area (Å²) in [5, 5.41) is 5.15. The summed E-state index contributed by atoms with van der Waals surface area (Å²) in [6.45, 7) is 1.27. The molecule has 0 spiro atoms. The summed E-state index contributed by atoms with van der Waals surface area (Å²) in [6, 6.07) is 8.51. The molecular formula is C25H24F3N3O3S2. The van der Waals surface area contributed by atoms with E-state index in [4.69, 9.17) is 4.74 Å². The van der Waals surface area contributed by atoms with Crippen LogP contribution in [0.3, 0.4) is 0 Å². The molecule has 0 saturated carbocycles. The second-order valence-corrected chi connectivity index (χ2v) is 11.3. The number of hydrogen-bond acceptors (Lipinski definition) is 6. The minimum atomic E-state index is -4.45. The largest absolute Gasteiger partial charge is 0.485 e. The maximum absolute atomic E-state index is 13.4. The summed E-state index contributed by atoms with van der Waals surface area (Å²) >= 11 is 1.19. The van der Waals surface area contributed by atoms with E-state index in [0.29, 0.717) is 43.7 Å². The average Bonchev–Trinajstić information content (AvgIpc) is 3.36. The Bertz CT molecular complexity index is 1390. The smallest absolute Gasteiger partial charge is 0.416 e. The molecule has 0 saturated heterocycles. The van der Waals surface area contributed by atoms with Crippen LogP contribution in [-0.4, -0.2) is 26.5 Å². The molecular weight excluding hydrogens is 511 g/mol. The first kappa shape index (κ1) is 24.8. The van der Waals surface area contributed by atoms with Crippen LogP contribution in [-0.2, 0) is 22.6 Å². The number of nitrogens with one attached hydrogen (secondary N) is 2. The average molecular weight is 536 g/mol. The molecule has 36 heavy (non-hydrogen) atoms. The third-order valence-corrected chi connectivity index (χ3v) is 8.48. The molecule has 190 valence electrons. The van der Waals surface area contributed by atoms with Crippen molar-refractivity contribution in [3.05, 3.63) is 76.3 Å². The van der Waals surface area contributed by atoms with E-state index in [0.717, 1.165) is 35.3 Å². The van der Waals surface area contributed by atoms with Crippen molar-refractivity contribution in [2.75, 3.05) is 17.8 Å². The number of thiazole rings is 1. The lowest BCUT2D eigenvalue weighted by molar-refractivity contribution is -0.137. The summed E-state index contributed by atoms with van der Waals surface area (Å²) in [5.74, 6) is 0.399. The number of fused-ring (bicyclic) bond motifs is 1. The lowest BCUT2D eigenvalue weighted by Gasteiger charge is -2.28. The van der Waals surface area contributed by atoms with Gasteiger partial charge in [-0.15, -0.1) is 11.3 Å². The molecule has 6 nitrogen and oxygen atoms in total. The minimum Gasteiger partial charge on any atom is -0.485 e. The molecule has 5 rings (SSSR count). The quantitative estimate of drug-likeness (QED) is 0.417. The molecule has 0 fully saturated rings. The van der Waals surface area contributed by atoms with Crippen molar-refractivity contribution in [3.63, 3.8) is 0 Å². The van der Waals surface area contributed by atoms with Gasteiger partial charge < -0.3 is 10.1 Å². The molecule has 11 heteroatoms. The van der Waals surface area contributed by atoms with Gasteiger partial charge in [-0.2, -0.15) is 13.2 Å². The van der Waals surface area contributed by atoms with Crippen LogP contribution in [0.1, 0.15) is 47.6 Å². The van der Waals surface area contributed by atoms with E-state index < -0.39 is 27.9 Å². The number of aromatic nitrogens is 1. The van der Waals surface area contributed by atoms with Crippen molar-refractivity contribution < 1.29 is 26.3 Å². The Labute approximate surface area is 211 Å². The van der Waals surface area contributed by atoms with Gasteiger partial charge in [0.15, 0.2) is 5.13 Å². The van der Waals surface area contributed by atoms with Gasteiger partial charge in [0.05, 0.1) is 10.5 Å². The predicted octanol–water partition coefficient (Wildman–Crippen LogP) is 5.80. The number of ether oxygens (including phenoxy) is 1. The van der Waals surface area contributed by atoms with Crippen molar-refractivity contribution in [1.29, 1.82) is 0 Å². The van der Waals surface area contributed by atoms with E-state index in [1.165, 1.54) is 29.7 Å². The highest BCUT2D eigenvalue weighted by atomic mass is 32.2. The van der Waals surface area contributed by atoms with Crippen molar-refractivity contribution in [1.82, 2.24) is 10.3 Å². The van der Waals surface area contributed by atoms with Crippen LogP contribution in [0.2, 0.25) is 0 Å². The number of aryl methyl sites for hydroxylation is 1. The van der Waals surface area contributed by atoms with E-state index >= 15 is 0 Å². The van der Waals surface area contributed by atoms with Gasteiger partial charge >= 0.3 is 6.18 Å². The Kier molecular flexibility index (Phi) is 6.80. The first-order valence-corrected chi connectivity index (χ1v) is 13.9. The van der Waals surface area contributed by atoms with Gasteiger partial charge in [-0.25, -0.2) is 13.4 Å². The molecule has 0 unspecified atom stereocenters. The Balaban J connectivity index is 1.45. The monoisotopic (exact) mass is 535 g/mol. The summed E-state index contributed by atoms with van der Waals surface area (Å²) in [5.41, 5.74) is 2.25. The molecule has 1 atom stereocenters. The van der Waals surface area contributed by atoms with Gasteiger partial charge in [0.1, 0.15) is 11.9 Å². The first-order valence-electron chi connectivity index (χ1n) is 11.5. The van der Waals surface area contributed by atoms with Crippen LogP contribution in [0.15, 0.2) is 58.9 Å². The number of anilines is 1. The molecule has 1 aromatic heterocycles. The van der Waals surface area contributed by atoms with Crippen LogP contribution in [0.25, 0.3) is 5.57 Å². The van der Waals surface area contributed by atoms with Gasteiger partial charge in [-0.05, 0) is 79.3 Å². The number of rotatable bonds is 6. The molecule has 2 N–H and O–H groups in total. The highest BCUT2D eigenvalue weighted by Gasteiger charge is 2.32. The number of halogens is 3. The summed E-state index contributed by atoms with van der Waals surface area (Å²) in [4.78, 5) is 4.10. The fourth-order valence-corrected chi connectivity index (χ4v) is 6.40. The Morgan fingerprint density at radius 3 is 2.72 bits per heavy atom. The predicted molar refractivity (Wildman–Crippen MR) is 133 cm³/mol. The van der Waals surface area contributed by atoms with Gasteiger partial charge in [-0.3, -0.25) is 4.72 Å². The zero-order valence-corrected chi connectivity index (χ0v) is 20.8. The lowest BCUT2D eigenvalue weighted by atomic mass is 9.89. The maximum atomic E-state index is 13.4. The van der Waals surface area contributed by atoms with Crippen LogP contribution >= 0.6 is 11.3 Å². The number of alkyl halides is 3. The zero-order valence-electron chi connectivity index (χ0n) is 19.1. The van der Waals surface area contributed by atoms with E-state index in [2.05, 4.69) is 15.0 Å². The van der Waals surface area contributed by atoms with Crippen molar-refractivity contribution in [2.24, 2.45) is 0 Å². The summed E-state index contributed by atoms with van der Waals surface area (Å²) in [7, 11) is -3.80. The van der Waals surface area contributed by atoms with E-state index in [-0.39, 0.29) is 10.0 Å². The highest BCUT2D eigenvalue weighted by Crippen LogP contribution is 2.40. The van der Waals surface area contributed by atoms with Crippen LogP contribution in [0, 0.1) is 0 Å². The summed E-state index contributed by atoms with van der Waals surface area (Å²) in [6.07, 6.45) is 1.31. The number of benzene rings is 2. The SMILES string of the molecule is O=S(=O)(Nc1nccs1)c1ccc2c(c1)CCC[C@@H]2Oc1ccc(C(F)(F)F)cc1C1=CCNCC1. The Morgan fingerprint density at radius 2 is 2.00 bits per heavy atom. The van der Waals surface area contributed by atoms with Crippen molar-refractivity contribution in [2.45, 2.75) is 42.9 Å². The van der Waals surface area contributed by atoms with Crippen LogP contribution in [0.5, 0.6) is 5.75 Å². The molecule has 0 bridgehead atoms. The second kappa shape index (κ2) is 9.87. The van der Waals surface area contributed by atoms with Crippen molar-refractivity contribution >= 4 is 32.1 Å². The topological polar surface area (TPSA) is 80.3 Å². The highest BCUT2D eigenvalue weighted by molar-refractivity contribution is 7.93. The molecule has 1 aliphatic carbocycles. The molecule has 2 aromatic carbocycles. The fraction of sp³-hybridized carbons (Fsp3) is 0.320. The van der Waals surface area contributed by atoms with E-state index in [1.807, 2.05) is 6.08 Å². The van der Waals surface area contributed by atoms with E-state index in [1.54, 1.807) is 17.5 Å². The standard InChI is InChI=1S/C25H24F3N3O3S2/c26-25(27,28)18-4-7-23(21(15-18)16-8-10-29-11-9-16)34-22-3-1-2-17-14-19(5-6-20(17)22)36(32,33)31-24-30-12-13-35-24/h4-8,12-15,22,29H,1-3,9-11H2,(H,30,31)/t22-/m0/s1. The van der Waals surface area contributed by atoms with E-state index in [9.17, 15) is 21.6 Å². The third-order valence-electron chi connectivity index (χ3n) is 6.32. The lowest BCUT2D eigenvalue weighted by Crippen LogP contribution is -2.21. The molecule has 1 aliphatic heterocycles. The molecule has 2 aliphatic rings. The zero-order chi connectivity index (χ0) is 25.3. The van der Waals surface area contributed by atoms with Gasteiger partial charge in [0.25, 0.3) is 10.0 Å². The van der Waals surface area contributed by atoms with Gasteiger partial charge in [0, 0.05) is 23.7 Å². The van der Waals surface area contributed by atoms with Gasteiger partial charge in [-0.1, -0.05) is 12.1 Å². The normalized spacial score (nSPS) is 18.3. The summed E-state index contributed by atoms with van der Waals surface area (Å²) < 4.78 is 74.8. The number of nitrogens with zero attached hydrogens (tertiary/aromatic N) is 1. The first-order chi connectivity index (χ1) is 17.2. The molecule has 0 radical (unpaired) electrons. The minimum absolute atomic E-state index is 0.132. The Morgan fingerprint density at radius 1 is 1.14 bits per heavy atom. The van der Waals surface area contributed by atoms with Crippen LogP contribution in [0.4, 0.5) is 18.3 Å². The molecule has 2 heterocycles. The third kappa shape index (κ3) is 5.28. The molecule has 0 amide bonds. The second-order valence-electron chi connectivity index (χ2n) is 8.69. The Hall–Kier alpha value is -2.89. The van der Waals surface area contributed by atoms with Gasteiger partial charge in [0.2, 0.25) is 0 Å². The maximum Gasteiger partial charge on any atom is 0.416 e. The van der Waals surface area contributed by atoms with Crippen LogP contribution < -0.4 is 14.8 Å².